The van der Waals surface area contributed by atoms with Gasteiger partial charge in [-0.1, -0.05) is 48.5 Å². The Balaban J connectivity index is 1.44. The summed E-state index contributed by atoms with van der Waals surface area (Å²) >= 11 is 1.12. The van der Waals surface area contributed by atoms with Crippen molar-refractivity contribution >= 4 is 38.4 Å². The number of fused-ring (bicyclic) bond motifs is 2. The predicted octanol–water partition coefficient (Wildman–Crippen LogP) is 3.49. The van der Waals surface area contributed by atoms with Crippen LogP contribution in [-0.2, 0) is 20.1 Å². The fourth-order valence-corrected chi connectivity index (χ4v) is 4.70. The van der Waals surface area contributed by atoms with Crippen LogP contribution in [0.25, 0.3) is 21.2 Å². The van der Waals surface area contributed by atoms with Crippen LogP contribution in [0.2, 0.25) is 0 Å². The van der Waals surface area contributed by atoms with Gasteiger partial charge in [0.1, 0.15) is 16.2 Å². The Kier molecular flexibility index (Phi) is 4.99. The number of carbonyl (C=O) groups is 1. The maximum atomic E-state index is 13.0. The minimum Gasteiger partial charge on any atom is -0.459 e. The second-order valence-electron chi connectivity index (χ2n) is 7.48. The molecule has 0 fully saturated rings. The zero-order valence-electron chi connectivity index (χ0n) is 17.2. The van der Waals surface area contributed by atoms with Gasteiger partial charge >= 0.3 is 5.69 Å². The average molecular weight is 446 g/mol. The van der Waals surface area contributed by atoms with Gasteiger partial charge in [0, 0.05) is 12.4 Å². The molecule has 160 valence electrons. The summed E-state index contributed by atoms with van der Waals surface area (Å²) in [6.07, 6.45) is 0. The fraction of sp³-hybridized carbons (Fsp3) is 0.125. The second-order valence-corrected chi connectivity index (χ2v) is 8.51. The number of aromatic nitrogens is 2. The molecular weight excluding hydrogens is 426 g/mol. The molecule has 3 heterocycles. The molecule has 0 radical (unpaired) electrons. The maximum Gasteiger partial charge on any atom is 0.332 e. The largest absolute Gasteiger partial charge is 0.459 e. The molecule has 0 aliphatic heterocycles. The van der Waals surface area contributed by atoms with E-state index in [-0.39, 0.29) is 19.0 Å². The number of nitrogens with zero attached hydrogens (tertiary/aromatic N) is 2. The molecule has 3 aromatic heterocycles. The molecule has 0 aliphatic carbocycles. The number of para-hydroxylation sites is 1. The van der Waals surface area contributed by atoms with E-state index in [1.807, 2.05) is 60.7 Å². The van der Waals surface area contributed by atoms with Gasteiger partial charge in [-0.15, -0.1) is 11.3 Å². The van der Waals surface area contributed by atoms with Crippen molar-refractivity contribution in [3.8, 4) is 0 Å². The van der Waals surface area contributed by atoms with E-state index >= 15 is 0 Å². The lowest BCUT2D eigenvalue weighted by Gasteiger charge is -2.08. The second kappa shape index (κ2) is 7.97. The number of furan rings is 1. The number of hydrogen-bond donors (Lipinski definition) is 1. The third-order valence-electron chi connectivity index (χ3n) is 5.32. The Labute approximate surface area is 186 Å². The summed E-state index contributed by atoms with van der Waals surface area (Å²) in [5, 5.41) is 4.14. The monoisotopic (exact) mass is 445 g/mol. The number of nitrogens with one attached hydrogen (secondary N) is 1. The standard InChI is InChI=1S/C24H19N3O4S/c1-26-23-18(22(29)27(24(26)30)14-15-7-3-2-4-8-15)12-20(32-23)21(28)25-13-17-11-16-9-5-6-10-19(16)31-17/h2-12H,13-14H2,1H3,(H,25,28). The van der Waals surface area contributed by atoms with E-state index in [2.05, 4.69) is 5.32 Å². The first kappa shape index (κ1) is 20.0. The van der Waals surface area contributed by atoms with Gasteiger partial charge in [-0.3, -0.25) is 18.7 Å². The molecule has 5 rings (SSSR count). The van der Waals surface area contributed by atoms with Crippen molar-refractivity contribution in [1.29, 1.82) is 0 Å². The summed E-state index contributed by atoms with van der Waals surface area (Å²) in [4.78, 5) is 39.4. The Morgan fingerprint density at radius 1 is 1.03 bits per heavy atom. The lowest BCUT2D eigenvalue weighted by atomic mass is 10.2. The normalized spacial score (nSPS) is 11.3. The van der Waals surface area contributed by atoms with Crippen LogP contribution in [0.1, 0.15) is 21.0 Å². The molecule has 8 heteroatoms. The number of amides is 1. The highest BCUT2D eigenvalue weighted by Crippen LogP contribution is 2.22. The van der Waals surface area contributed by atoms with Crippen molar-refractivity contribution < 1.29 is 9.21 Å². The van der Waals surface area contributed by atoms with Gasteiger partial charge in [0.25, 0.3) is 11.5 Å². The van der Waals surface area contributed by atoms with Gasteiger partial charge in [0.2, 0.25) is 0 Å². The van der Waals surface area contributed by atoms with E-state index < -0.39 is 11.2 Å². The summed E-state index contributed by atoms with van der Waals surface area (Å²) < 4.78 is 8.34. The molecule has 32 heavy (non-hydrogen) atoms. The van der Waals surface area contributed by atoms with E-state index in [0.29, 0.717) is 20.9 Å². The van der Waals surface area contributed by atoms with Gasteiger partial charge in [0.05, 0.1) is 23.4 Å². The number of aryl methyl sites for hydroxylation is 1. The first-order valence-electron chi connectivity index (χ1n) is 10.0. The minimum absolute atomic E-state index is 0.172. The number of rotatable bonds is 5. The topological polar surface area (TPSA) is 86.2 Å². The van der Waals surface area contributed by atoms with Gasteiger partial charge in [0.15, 0.2) is 0 Å². The van der Waals surface area contributed by atoms with Crippen LogP contribution in [0.3, 0.4) is 0 Å². The van der Waals surface area contributed by atoms with Gasteiger partial charge < -0.3 is 9.73 Å². The van der Waals surface area contributed by atoms with E-state index in [1.54, 1.807) is 13.1 Å². The molecule has 0 atom stereocenters. The van der Waals surface area contributed by atoms with Crippen LogP contribution in [-0.4, -0.2) is 15.0 Å². The van der Waals surface area contributed by atoms with Gasteiger partial charge in [-0.05, 0) is 23.8 Å². The molecule has 5 aromatic rings. The highest BCUT2D eigenvalue weighted by atomic mass is 32.1. The van der Waals surface area contributed by atoms with Crippen LogP contribution >= 0.6 is 11.3 Å². The third-order valence-corrected chi connectivity index (χ3v) is 6.53. The molecular formula is C24H19N3O4S. The van der Waals surface area contributed by atoms with Crippen molar-refractivity contribution in [2.45, 2.75) is 13.1 Å². The number of carbonyl (C=O) groups excluding carboxylic acids is 1. The average Bonchev–Trinajstić information content (AvgIpc) is 3.44. The highest BCUT2D eigenvalue weighted by Gasteiger charge is 2.18. The Bertz CT molecular complexity index is 1540. The molecule has 0 aliphatic rings. The Morgan fingerprint density at radius 2 is 1.78 bits per heavy atom. The van der Waals surface area contributed by atoms with Crippen molar-refractivity contribution in [2.24, 2.45) is 7.05 Å². The molecule has 2 aromatic carbocycles. The predicted molar refractivity (Wildman–Crippen MR) is 124 cm³/mol. The van der Waals surface area contributed by atoms with Crippen molar-refractivity contribution in [2.75, 3.05) is 0 Å². The van der Waals surface area contributed by atoms with E-state index in [9.17, 15) is 14.4 Å². The molecule has 0 saturated carbocycles. The molecule has 0 saturated heterocycles. The molecule has 0 unspecified atom stereocenters. The molecule has 7 nitrogen and oxygen atoms in total. The minimum atomic E-state index is -0.414. The van der Waals surface area contributed by atoms with Crippen molar-refractivity contribution in [1.82, 2.24) is 14.5 Å². The van der Waals surface area contributed by atoms with Crippen molar-refractivity contribution in [3.05, 3.63) is 104 Å². The summed E-state index contributed by atoms with van der Waals surface area (Å²) in [5.74, 6) is 0.311. The number of thiophene rings is 1. The molecule has 0 bridgehead atoms. The fourth-order valence-electron chi connectivity index (χ4n) is 3.68. The lowest BCUT2D eigenvalue weighted by Crippen LogP contribution is -2.38. The van der Waals surface area contributed by atoms with Gasteiger partial charge in [-0.25, -0.2) is 4.79 Å². The molecule has 0 spiro atoms. The first-order valence-corrected chi connectivity index (χ1v) is 10.9. The van der Waals surface area contributed by atoms with Crippen LogP contribution in [0.15, 0.2) is 80.7 Å². The molecule has 1 amide bonds. The van der Waals surface area contributed by atoms with Crippen molar-refractivity contribution in [3.63, 3.8) is 0 Å². The molecule has 1 N–H and O–H groups in total. The van der Waals surface area contributed by atoms with Gasteiger partial charge in [-0.2, -0.15) is 0 Å². The van der Waals surface area contributed by atoms with E-state index in [0.717, 1.165) is 27.9 Å². The first-order chi connectivity index (χ1) is 15.5. The number of benzene rings is 2. The quantitative estimate of drug-likeness (QED) is 0.449. The third kappa shape index (κ3) is 3.54. The van der Waals surface area contributed by atoms with E-state index in [1.165, 1.54) is 9.13 Å². The Morgan fingerprint density at radius 3 is 2.56 bits per heavy atom. The summed E-state index contributed by atoms with van der Waals surface area (Å²) in [5.41, 5.74) is 0.791. The van der Waals surface area contributed by atoms with Crippen LogP contribution in [0, 0.1) is 0 Å². The number of hydrogen-bond acceptors (Lipinski definition) is 5. The SMILES string of the molecule is Cn1c(=O)n(Cc2ccccc2)c(=O)c2cc(C(=O)NCc3cc4ccccc4o3)sc21. The maximum absolute atomic E-state index is 13.0. The Hall–Kier alpha value is -3.91. The zero-order chi connectivity index (χ0) is 22.2. The lowest BCUT2D eigenvalue weighted by molar-refractivity contribution is 0.0952. The van der Waals surface area contributed by atoms with Crippen LogP contribution in [0.5, 0.6) is 0 Å². The smallest absolute Gasteiger partial charge is 0.332 e. The summed E-state index contributed by atoms with van der Waals surface area (Å²) in [6.45, 7) is 0.393. The zero-order valence-corrected chi connectivity index (χ0v) is 18.0. The summed E-state index contributed by atoms with van der Waals surface area (Å²) in [6, 6.07) is 20.4. The summed E-state index contributed by atoms with van der Waals surface area (Å²) in [7, 11) is 1.61. The van der Waals surface area contributed by atoms with E-state index in [4.69, 9.17) is 4.42 Å². The van der Waals surface area contributed by atoms with Crippen LogP contribution in [0.4, 0.5) is 0 Å². The van der Waals surface area contributed by atoms with Crippen LogP contribution < -0.4 is 16.6 Å². The highest BCUT2D eigenvalue weighted by molar-refractivity contribution is 7.20.